The van der Waals surface area contributed by atoms with Gasteiger partial charge in [0, 0.05) is 15.6 Å². The Labute approximate surface area is 106 Å². The fourth-order valence-corrected chi connectivity index (χ4v) is 1.90. The second-order valence-electron chi connectivity index (χ2n) is 3.26. The maximum atomic E-state index is 11.5. The van der Waals surface area contributed by atoms with Gasteiger partial charge < -0.3 is 10.2 Å². The Morgan fingerprint density at radius 3 is 2.56 bits per heavy atom. The number of hydrogen-bond acceptors (Lipinski definition) is 3. The molecular weight excluding hydrogens is 323 g/mol. The molecule has 1 aromatic rings. The van der Waals surface area contributed by atoms with Crippen molar-refractivity contribution < 1.29 is 19.8 Å². The SMILES string of the molecule is CCC(=O)c1cc(C(O)C(=O)O)ccc1I. The highest BCUT2D eigenvalue weighted by molar-refractivity contribution is 14.1. The van der Waals surface area contributed by atoms with Crippen LogP contribution in [0.1, 0.15) is 35.4 Å². The summed E-state index contributed by atoms with van der Waals surface area (Å²) in [5.41, 5.74) is 0.686. The molecule has 0 saturated heterocycles. The van der Waals surface area contributed by atoms with Crippen LogP contribution in [-0.4, -0.2) is 22.0 Å². The monoisotopic (exact) mass is 334 g/mol. The normalized spacial score (nSPS) is 12.2. The van der Waals surface area contributed by atoms with Crippen LogP contribution in [0, 0.1) is 3.57 Å². The molecule has 86 valence electrons. The summed E-state index contributed by atoms with van der Waals surface area (Å²) < 4.78 is 0.755. The van der Waals surface area contributed by atoms with Crippen molar-refractivity contribution in [3.8, 4) is 0 Å². The molecule has 0 fully saturated rings. The van der Waals surface area contributed by atoms with E-state index in [0.29, 0.717) is 12.0 Å². The molecule has 4 nitrogen and oxygen atoms in total. The number of rotatable bonds is 4. The molecule has 1 rings (SSSR count). The predicted octanol–water partition coefficient (Wildman–Crippen LogP) is 2.00. The van der Waals surface area contributed by atoms with Crippen molar-refractivity contribution in [2.75, 3.05) is 0 Å². The first kappa shape index (κ1) is 13.1. The van der Waals surface area contributed by atoms with Crippen molar-refractivity contribution in [2.24, 2.45) is 0 Å². The van der Waals surface area contributed by atoms with Crippen LogP contribution in [0.25, 0.3) is 0 Å². The molecule has 0 aromatic heterocycles. The van der Waals surface area contributed by atoms with Gasteiger partial charge in [-0.25, -0.2) is 4.79 Å². The second kappa shape index (κ2) is 5.40. The summed E-state index contributed by atoms with van der Waals surface area (Å²) in [5, 5.41) is 18.0. The fourth-order valence-electron chi connectivity index (χ4n) is 1.26. The van der Waals surface area contributed by atoms with Crippen molar-refractivity contribution in [3.05, 3.63) is 32.9 Å². The minimum atomic E-state index is -1.58. The molecule has 0 radical (unpaired) electrons. The molecule has 5 heteroatoms. The number of benzene rings is 1. The van der Waals surface area contributed by atoms with Crippen LogP contribution in [0.3, 0.4) is 0 Å². The summed E-state index contributed by atoms with van der Waals surface area (Å²) in [4.78, 5) is 22.1. The van der Waals surface area contributed by atoms with E-state index in [1.165, 1.54) is 12.1 Å². The minimum absolute atomic E-state index is 0.0659. The number of carbonyl (C=O) groups is 2. The number of Topliss-reactive ketones (excluding diaryl/α,β-unsaturated/α-hetero) is 1. The van der Waals surface area contributed by atoms with Crippen molar-refractivity contribution in [1.82, 2.24) is 0 Å². The van der Waals surface area contributed by atoms with Gasteiger partial charge in [-0.3, -0.25) is 4.79 Å². The summed E-state index contributed by atoms with van der Waals surface area (Å²) in [5.74, 6) is -1.39. The summed E-state index contributed by atoms with van der Waals surface area (Å²) in [6.07, 6.45) is -1.23. The Morgan fingerprint density at radius 2 is 2.06 bits per heavy atom. The molecule has 0 saturated carbocycles. The van der Waals surface area contributed by atoms with E-state index >= 15 is 0 Å². The Morgan fingerprint density at radius 1 is 1.44 bits per heavy atom. The summed E-state index contributed by atoms with van der Waals surface area (Å²) in [7, 11) is 0. The van der Waals surface area contributed by atoms with Gasteiger partial charge in [0.05, 0.1) is 0 Å². The molecule has 2 N–H and O–H groups in total. The highest BCUT2D eigenvalue weighted by atomic mass is 127. The highest BCUT2D eigenvalue weighted by Crippen LogP contribution is 2.20. The standard InChI is InChI=1S/C11H11IO4/c1-2-9(13)7-5-6(3-4-8(7)12)10(14)11(15)16/h3-5,10,14H,2H2,1H3,(H,15,16). The van der Waals surface area contributed by atoms with Crippen molar-refractivity contribution in [3.63, 3.8) is 0 Å². The Bertz CT molecular complexity index is 428. The molecule has 0 aliphatic rings. The average molecular weight is 334 g/mol. The molecule has 0 bridgehead atoms. The topological polar surface area (TPSA) is 74.6 Å². The van der Waals surface area contributed by atoms with Crippen LogP contribution < -0.4 is 0 Å². The van der Waals surface area contributed by atoms with Crippen LogP contribution in [0.5, 0.6) is 0 Å². The second-order valence-corrected chi connectivity index (χ2v) is 4.42. The lowest BCUT2D eigenvalue weighted by molar-refractivity contribution is -0.146. The largest absolute Gasteiger partial charge is 0.479 e. The number of ketones is 1. The first-order valence-electron chi connectivity index (χ1n) is 4.71. The van der Waals surface area contributed by atoms with E-state index in [9.17, 15) is 14.7 Å². The Hall–Kier alpha value is -0.950. The molecule has 16 heavy (non-hydrogen) atoms. The van der Waals surface area contributed by atoms with Gasteiger partial charge in [0.1, 0.15) is 0 Å². The third-order valence-electron chi connectivity index (χ3n) is 2.16. The molecule has 0 spiro atoms. The van der Waals surface area contributed by atoms with Gasteiger partial charge in [-0.05, 0) is 40.3 Å². The third-order valence-corrected chi connectivity index (χ3v) is 3.10. The maximum absolute atomic E-state index is 11.5. The highest BCUT2D eigenvalue weighted by Gasteiger charge is 2.18. The molecule has 0 aliphatic carbocycles. The molecular formula is C11H11IO4. The van der Waals surface area contributed by atoms with E-state index in [1.54, 1.807) is 13.0 Å². The van der Waals surface area contributed by atoms with E-state index in [-0.39, 0.29) is 11.3 Å². The lowest BCUT2D eigenvalue weighted by Crippen LogP contribution is -2.12. The zero-order valence-electron chi connectivity index (χ0n) is 8.61. The number of hydrogen-bond donors (Lipinski definition) is 2. The van der Waals surface area contributed by atoms with Gasteiger partial charge in [-0.15, -0.1) is 0 Å². The van der Waals surface area contributed by atoms with Crippen LogP contribution in [0.2, 0.25) is 0 Å². The molecule has 0 amide bonds. The Kier molecular flexibility index (Phi) is 4.43. The number of aliphatic carboxylic acids is 1. The minimum Gasteiger partial charge on any atom is -0.479 e. The number of aliphatic hydroxyl groups is 1. The Balaban J connectivity index is 3.17. The molecule has 1 aromatic carbocycles. The van der Waals surface area contributed by atoms with Gasteiger partial charge in [0.15, 0.2) is 11.9 Å². The number of carboxylic acids is 1. The molecule has 0 aliphatic heterocycles. The van der Waals surface area contributed by atoms with Crippen molar-refractivity contribution >= 4 is 34.3 Å². The zero-order valence-corrected chi connectivity index (χ0v) is 10.8. The number of carbonyl (C=O) groups excluding carboxylic acids is 1. The van der Waals surface area contributed by atoms with Gasteiger partial charge >= 0.3 is 5.97 Å². The quantitative estimate of drug-likeness (QED) is 0.652. The number of carboxylic acid groups (broad SMARTS) is 1. The summed E-state index contributed by atoms with van der Waals surface area (Å²) in [6.45, 7) is 1.73. The average Bonchev–Trinajstić information content (AvgIpc) is 2.27. The number of halogens is 1. The third kappa shape index (κ3) is 2.79. The molecule has 1 unspecified atom stereocenters. The van der Waals surface area contributed by atoms with E-state index in [1.807, 2.05) is 22.6 Å². The maximum Gasteiger partial charge on any atom is 0.337 e. The fraction of sp³-hybridized carbons (Fsp3) is 0.273. The van der Waals surface area contributed by atoms with E-state index in [2.05, 4.69) is 0 Å². The van der Waals surface area contributed by atoms with Gasteiger partial charge in [-0.1, -0.05) is 13.0 Å². The lowest BCUT2D eigenvalue weighted by Gasteiger charge is -2.09. The lowest BCUT2D eigenvalue weighted by atomic mass is 10.0. The first-order chi connectivity index (χ1) is 7.47. The van der Waals surface area contributed by atoms with Crippen LogP contribution in [-0.2, 0) is 4.79 Å². The van der Waals surface area contributed by atoms with Crippen molar-refractivity contribution in [2.45, 2.75) is 19.4 Å². The van der Waals surface area contributed by atoms with Crippen LogP contribution in [0.4, 0.5) is 0 Å². The van der Waals surface area contributed by atoms with Gasteiger partial charge in [0.25, 0.3) is 0 Å². The molecule has 1 atom stereocenters. The smallest absolute Gasteiger partial charge is 0.337 e. The number of aliphatic hydroxyl groups excluding tert-OH is 1. The van der Waals surface area contributed by atoms with E-state index in [4.69, 9.17) is 5.11 Å². The van der Waals surface area contributed by atoms with Crippen LogP contribution >= 0.6 is 22.6 Å². The first-order valence-corrected chi connectivity index (χ1v) is 5.78. The predicted molar refractivity (Wildman–Crippen MR) is 66.4 cm³/mol. The zero-order chi connectivity index (χ0) is 12.3. The molecule has 0 heterocycles. The van der Waals surface area contributed by atoms with Crippen LogP contribution in [0.15, 0.2) is 18.2 Å². The van der Waals surface area contributed by atoms with E-state index < -0.39 is 12.1 Å². The van der Waals surface area contributed by atoms with E-state index in [0.717, 1.165) is 3.57 Å². The van der Waals surface area contributed by atoms with Gasteiger partial charge in [-0.2, -0.15) is 0 Å². The van der Waals surface area contributed by atoms with Crippen molar-refractivity contribution in [1.29, 1.82) is 0 Å². The van der Waals surface area contributed by atoms with Gasteiger partial charge in [0.2, 0.25) is 0 Å². The summed E-state index contributed by atoms with van der Waals surface area (Å²) >= 11 is 2.01. The summed E-state index contributed by atoms with van der Waals surface area (Å²) in [6, 6.07) is 4.57.